The second kappa shape index (κ2) is 9.88. The fourth-order valence-corrected chi connectivity index (χ4v) is 6.83. The number of thiophene rings is 1. The van der Waals surface area contributed by atoms with Gasteiger partial charge in [-0.1, -0.05) is 67.6 Å². The van der Waals surface area contributed by atoms with Crippen LogP contribution in [0.5, 0.6) is 0 Å². The van der Waals surface area contributed by atoms with Crippen LogP contribution in [0.4, 0.5) is 0 Å². The first kappa shape index (κ1) is 23.1. The van der Waals surface area contributed by atoms with Gasteiger partial charge in [0.2, 0.25) is 0 Å². The molecule has 0 saturated heterocycles. The highest BCUT2D eigenvalue weighted by Crippen LogP contribution is 2.35. The molecule has 0 saturated carbocycles. The zero-order chi connectivity index (χ0) is 23.7. The third-order valence-corrected chi connectivity index (χ3v) is 8.71. The van der Waals surface area contributed by atoms with Crippen LogP contribution in [0.25, 0.3) is 15.9 Å². The molecule has 0 spiro atoms. The lowest BCUT2D eigenvalue weighted by molar-refractivity contribution is 0.102. The summed E-state index contributed by atoms with van der Waals surface area (Å²) < 4.78 is 1.73. The van der Waals surface area contributed by atoms with E-state index in [4.69, 9.17) is 4.98 Å². The molecule has 6 heteroatoms. The number of aromatic nitrogens is 2. The molecule has 0 radical (unpaired) electrons. The highest BCUT2D eigenvalue weighted by Gasteiger charge is 2.23. The van der Waals surface area contributed by atoms with Crippen molar-refractivity contribution in [3.8, 4) is 5.69 Å². The average Bonchev–Trinajstić information content (AvgIpc) is 3.04. The Morgan fingerprint density at radius 1 is 1.06 bits per heavy atom. The molecule has 0 unspecified atom stereocenters. The largest absolute Gasteiger partial charge is 0.293 e. The van der Waals surface area contributed by atoms with Crippen LogP contribution in [0.2, 0.25) is 0 Å². The molecule has 4 nitrogen and oxygen atoms in total. The summed E-state index contributed by atoms with van der Waals surface area (Å²) >= 11 is 3.01. The molecule has 34 heavy (non-hydrogen) atoms. The van der Waals surface area contributed by atoms with Gasteiger partial charge in [0.05, 0.1) is 16.8 Å². The molecule has 0 fully saturated rings. The number of carbonyl (C=O) groups excluding carboxylic acids is 1. The van der Waals surface area contributed by atoms with E-state index in [0.717, 1.165) is 47.2 Å². The maximum Gasteiger partial charge on any atom is 0.267 e. The van der Waals surface area contributed by atoms with Crippen LogP contribution in [0.1, 0.15) is 58.1 Å². The smallest absolute Gasteiger partial charge is 0.267 e. The summed E-state index contributed by atoms with van der Waals surface area (Å²) in [6.07, 6.45) is 6.40. The minimum absolute atomic E-state index is 0.0130. The maximum absolute atomic E-state index is 14.0. The lowest BCUT2D eigenvalue weighted by atomic mass is 10.1. The van der Waals surface area contributed by atoms with Crippen molar-refractivity contribution in [2.75, 3.05) is 5.75 Å². The average molecular weight is 489 g/mol. The summed E-state index contributed by atoms with van der Waals surface area (Å²) in [5.41, 5.74) is 4.93. The van der Waals surface area contributed by atoms with E-state index in [1.807, 2.05) is 55.5 Å². The summed E-state index contributed by atoms with van der Waals surface area (Å²) in [5.74, 6) is 0.278. The van der Waals surface area contributed by atoms with Gasteiger partial charge in [0, 0.05) is 10.4 Å². The van der Waals surface area contributed by atoms with Gasteiger partial charge in [-0.05, 0) is 61.8 Å². The minimum atomic E-state index is -0.0130. The normalized spacial score (nSPS) is 13.6. The molecule has 174 valence electrons. The Morgan fingerprint density at radius 3 is 2.59 bits per heavy atom. The summed E-state index contributed by atoms with van der Waals surface area (Å²) in [7, 11) is 0. The summed E-state index contributed by atoms with van der Waals surface area (Å²) in [6.45, 7) is 4.11. The molecule has 5 rings (SSSR count). The van der Waals surface area contributed by atoms with Gasteiger partial charge in [0.15, 0.2) is 10.9 Å². The number of aryl methyl sites for hydroxylation is 4. The van der Waals surface area contributed by atoms with Crippen molar-refractivity contribution in [2.24, 2.45) is 0 Å². The number of benzene rings is 2. The molecule has 2 aromatic carbocycles. The van der Waals surface area contributed by atoms with Crippen molar-refractivity contribution < 1.29 is 4.79 Å². The van der Waals surface area contributed by atoms with Crippen LogP contribution in [0.3, 0.4) is 0 Å². The Bertz CT molecular complexity index is 1420. The van der Waals surface area contributed by atoms with E-state index in [-0.39, 0.29) is 17.1 Å². The molecule has 2 aromatic heterocycles. The van der Waals surface area contributed by atoms with E-state index >= 15 is 0 Å². The molecular weight excluding hydrogens is 460 g/mol. The van der Waals surface area contributed by atoms with Crippen molar-refractivity contribution in [3.05, 3.63) is 86.0 Å². The Labute approximate surface area is 208 Å². The van der Waals surface area contributed by atoms with Gasteiger partial charge >= 0.3 is 0 Å². The third kappa shape index (κ3) is 4.37. The third-order valence-electron chi connectivity index (χ3n) is 6.58. The number of nitrogens with zero attached hydrogens (tertiary/aromatic N) is 2. The Hall–Kier alpha value is -2.70. The van der Waals surface area contributed by atoms with Crippen LogP contribution in [-0.4, -0.2) is 21.1 Å². The van der Waals surface area contributed by atoms with Gasteiger partial charge in [0.1, 0.15) is 4.83 Å². The molecular formula is C28H28N2O2S2. The van der Waals surface area contributed by atoms with Gasteiger partial charge in [-0.2, -0.15) is 0 Å². The SMILES string of the molecule is CCc1ccc(C(=O)CSc2nc3sc4c(c3c(=O)n2-c2ccccc2C)CCCCC4)cc1. The molecule has 4 aromatic rings. The number of ketones is 1. The van der Waals surface area contributed by atoms with Crippen molar-refractivity contribution in [1.82, 2.24) is 9.55 Å². The molecule has 0 bridgehead atoms. The maximum atomic E-state index is 14.0. The Balaban J connectivity index is 1.58. The Kier molecular flexibility index (Phi) is 6.70. The number of rotatable bonds is 6. The number of Topliss-reactive ketones (excluding diaryl/α,β-unsaturated/α-hetero) is 1. The standard InChI is InChI=1S/C28H28N2O2S2/c1-3-19-13-15-20(16-14-19)23(31)17-33-28-29-26-25(21-10-5-4-6-12-24(21)34-26)27(32)30(28)22-11-8-7-9-18(22)2/h7-9,11,13-16H,3-6,10,12,17H2,1-2H3. The zero-order valence-electron chi connectivity index (χ0n) is 19.6. The topological polar surface area (TPSA) is 52.0 Å². The first-order valence-electron chi connectivity index (χ1n) is 11.9. The van der Waals surface area contributed by atoms with Gasteiger partial charge < -0.3 is 0 Å². The van der Waals surface area contributed by atoms with Crippen LogP contribution in [-0.2, 0) is 19.3 Å². The highest BCUT2D eigenvalue weighted by molar-refractivity contribution is 7.99. The van der Waals surface area contributed by atoms with Gasteiger partial charge in [-0.3, -0.25) is 14.2 Å². The summed E-state index contributed by atoms with van der Waals surface area (Å²) in [5, 5.41) is 1.36. The minimum Gasteiger partial charge on any atom is -0.293 e. The first-order valence-corrected chi connectivity index (χ1v) is 13.7. The quantitative estimate of drug-likeness (QED) is 0.133. The predicted octanol–water partition coefficient (Wildman–Crippen LogP) is 6.56. The van der Waals surface area contributed by atoms with Gasteiger partial charge in [0.25, 0.3) is 5.56 Å². The summed E-state index contributed by atoms with van der Waals surface area (Å²) in [4.78, 5) is 34.0. The van der Waals surface area contributed by atoms with Crippen LogP contribution in [0, 0.1) is 6.92 Å². The number of thioether (sulfide) groups is 1. The van der Waals surface area contributed by atoms with Crippen LogP contribution < -0.4 is 5.56 Å². The number of fused-ring (bicyclic) bond motifs is 3. The number of carbonyl (C=O) groups is 1. The van der Waals surface area contributed by atoms with Crippen LogP contribution in [0.15, 0.2) is 58.5 Å². The molecule has 0 N–H and O–H groups in total. The zero-order valence-corrected chi connectivity index (χ0v) is 21.2. The van der Waals surface area contributed by atoms with Crippen LogP contribution >= 0.6 is 23.1 Å². The molecule has 0 amide bonds. The lowest BCUT2D eigenvalue weighted by Crippen LogP contribution is -2.23. The van der Waals surface area contributed by atoms with Crippen molar-refractivity contribution >= 4 is 39.1 Å². The second-order valence-electron chi connectivity index (χ2n) is 8.83. The van der Waals surface area contributed by atoms with E-state index in [1.54, 1.807) is 15.9 Å². The number of hydrogen-bond acceptors (Lipinski definition) is 5. The number of hydrogen-bond donors (Lipinski definition) is 0. The van der Waals surface area contributed by atoms with E-state index in [9.17, 15) is 9.59 Å². The van der Waals surface area contributed by atoms with E-state index < -0.39 is 0 Å². The van der Waals surface area contributed by atoms with Crippen molar-refractivity contribution in [2.45, 2.75) is 57.5 Å². The van der Waals surface area contributed by atoms with Crippen molar-refractivity contribution in [1.29, 1.82) is 0 Å². The van der Waals surface area contributed by atoms with E-state index in [1.165, 1.54) is 40.6 Å². The molecule has 2 heterocycles. The Morgan fingerprint density at radius 2 is 1.82 bits per heavy atom. The lowest BCUT2D eigenvalue weighted by Gasteiger charge is -2.14. The molecule has 1 aliphatic rings. The fourth-order valence-electron chi connectivity index (χ4n) is 4.63. The van der Waals surface area contributed by atoms with E-state index in [2.05, 4.69) is 6.92 Å². The van der Waals surface area contributed by atoms with Gasteiger partial charge in [-0.25, -0.2) is 4.98 Å². The summed E-state index contributed by atoms with van der Waals surface area (Å²) in [6, 6.07) is 15.7. The monoisotopic (exact) mass is 488 g/mol. The van der Waals surface area contributed by atoms with E-state index in [0.29, 0.717) is 10.7 Å². The van der Waals surface area contributed by atoms with Crippen molar-refractivity contribution in [3.63, 3.8) is 0 Å². The number of para-hydroxylation sites is 1. The first-order chi connectivity index (χ1) is 16.6. The van der Waals surface area contributed by atoms with Gasteiger partial charge in [-0.15, -0.1) is 11.3 Å². The molecule has 0 atom stereocenters. The second-order valence-corrected chi connectivity index (χ2v) is 10.9. The highest BCUT2D eigenvalue weighted by atomic mass is 32.2. The molecule has 1 aliphatic carbocycles. The molecule has 0 aliphatic heterocycles. The fraction of sp³-hybridized carbons (Fsp3) is 0.321. The predicted molar refractivity (Wildman–Crippen MR) is 142 cm³/mol.